The predicted molar refractivity (Wildman–Crippen MR) is 73.1 cm³/mol. The number of hydrogen-bond donors (Lipinski definition) is 2. The lowest BCUT2D eigenvalue weighted by Gasteiger charge is -2.32. The highest BCUT2D eigenvalue weighted by Crippen LogP contribution is 2.34. The molecule has 2 atom stereocenters. The van der Waals surface area contributed by atoms with Crippen LogP contribution in [-0.4, -0.2) is 16.3 Å². The maximum Gasteiger partial charge on any atom is 0.270 e. The molecule has 5 heteroatoms. The third-order valence-electron chi connectivity index (χ3n) is 3.79. The van der Waals surface area contributed by atoms with E-state index >= 15 is 0 Å². The van der Waals surface area contributed by atoms with Gasteiger partial charge >= 0.3 is 0 Å². The molecule has 0 unspecified atom stereocenters. The Morgan fingerprint density at radius 2 is 1.95 bits per heavy atom. The lowest BCUT2D eigenvalue weighted by Crippen LogP contribution is -2.32. The molecule has 0 aliphatic carbocycles. The number of benzene rings is 1. The summed E-state index contributed by atoms with van der Waals surface area (Å²) in [7, 11) is 0. The van der Waals surface area contributed by atoms with Crippen molar-refractivity contribution in [2.24, 2.45) is 5.92 Å². The minimum absolute atomic E-state index is 0.0315. The third-order valence-corrected chi connectivity index (χ3v) is 3.79. The monoisotopic (exact) mass is 276 g/mol. The van der Waals surface area contributed by atoms with Crippen LogP contribution in [0.2, 0.25) is 0 Å². The topological polar surface area (TPSA) is 57.9 Å². The lowest BCUT2D eigenvalue weighted by atomic mass is 9.92. The van der Waals surface area contributed by atoms with Gasteiger partial charge in [-0.05, 0) is 23.6 Å². The lowest BCUT2D eigenvalue weighted by molar-refractivity contribution is -0.0300. The molecule has 0 bridgehead atoms. The van der Waals surface area contributed by atoms with E-state index in [2.05, 4.69) is 24.0 Å². The normalized spacial score (nSPS) is 22.0. The van der Waals surface area contributed by atoms with Crippen LogP contribution in [-0.2, 0) is 11.2 Å². The molecule has 0 spiro atoms. The molecule has 0 saturated carbocycles. The highest BCUT2D eigenvalue weighted by molar-refractivity contribution is 5.33. The van der Waals surface area contributed by atoms with Crippen molar-refractivity contribution in [2.75, 3.05) is 0 Å². The molecule has 2 aromatic rings. The van der Waals surface area contributed by atoms with E-state index in [1.807, 2.05) is 0 Å². The van der Waals surface area contributed by atoms with Crippen molar-refractivity contribution in [3.8, 4) is 0 Å². The Kier molecular flexibility index (Phi) is 3.22. The van der Waals surface area contributed by atoms with Gasteiger partial charge in [-0.3, -0.25) is 9.89 Å². The number of rotatable bonds is 2. The smallest absolute Gasteiger partial charge is 0.270 e. The standard InChI is InChI=1S/C15H17FN2O2/c1-8(2)12-7-11-13(15(19)18-17-11)14(20-12)9-3-5-10(16)6-4-9/h3-6,8,12,14H,7H2,1-2H3,(H2,17,18,19)/t12-,14-/m0/s1. The first-order valence-electron chi connectivity index (χ1n) is 6.76. The molecule has 2 heterocycles. The summed E-state index contributed by atoms with van der Waals surface area (Å²) in [6.07, 6.45) is 0.273. The van der Waals surface area contributed by atoms with Gasteiger partial charge in [-0.1, -0.05) is 26.0 Å². The van der Waals surface area contributed by atoms with Crippen LogP contribution in [0, 0.1) is 11.7 Å². The molecule has 20 heavy (non-hydrogen) atoms. The molecule has 3 rings (SSSR count). The second kappa shape index (κ2) is 4.90. The molecule has 106 valence electrons. The van der Waals surface area contributed by atoms with Crippen LogP contribution in [0.25, 0.3) is 0 Å². The van der Waals surface area contributed by atoms with Gasteiger partial charge < -0.3 is 9.84 Å². The molecule has 0 saturated heterocycles. The van der Waals surface area contributed by atoms with E-state index in [0.29, 0.717) is 17.9 Å². The van der Waals surface area contributed by atoms with Crippen molar-refractivity contribution in [3.63, 3.8) is 0 Å². The van der Waals surface area contributed by atoms with Crippen LogP contribution in [0.4, 0.5) is 4.39 Å². The fraction of sp³-hybridized carbons (Fsp3) is 0.400. The Bertz CT molecular complexity index is 657. The van der Waals surface area contributed by atoms with Gasteiger partial charge in [0.25, 0.3) is 5.56 Å². The van der Waals surface area contributed by atoms with E-state index in [4.69, 9.17) is 4.74 Å². The summed E-state index contributed by atoms with van der Waals surface area (Å²) in [6.45, 7) is 4.17. The van der Waals surface area contributed by atoms with Crippen LogP contribution in [0.3, 0.4) is 0 Å². The van der Waals surface area contributed by atoms with E-state index in [-0.39, 0.29) is 17.5 Å². The minimum Gasteiger partial charge on any atom is -0.365 e. The SMILES string of the molecule is CC(C)[C@@H]1Cc2[nH][nH]c(=O)c2[C@H](c2ccc(F)cc2)O1. The van der Waals surface area contributed by atoms with Crippen molar-refractivity contribution in [3.05, 3.63) is 57.3 Å². The molecule has 0 amide bonds. The van der Waals surface area contributed by atoms with Crippen molar-refractivity contribution < 1.29 is 9.13 Å². The molecule has 2 N–H and O–H groups in total. The highest BCUT2D eigenvalue weighted by Gasteiger charge is 2.33. The quantitative estimate of drug-likeness (QED) is 0.885. The zero-order valence-electron chi connectivity index (χ0n) is 11.4. The van der Waals surface area contributed by atoms with Crippen molar-refractivity contribution in [2.45, 2.75) is 32.5 Å². The Morgan fingerprint density at radius 1 is 1.25 bits per heavy atom. The van der Waals surface area contributed by atoms with Crippen molar-refractivity contribution in [1.82, 2.24) is 10.2 Å². The van der Waals surface area contributed by atoms with Gasteiger partial charge in [-0.15, -0.1) is 0 Å². The number of H-pyrrole nitrogens is 2. The van der Waals surface area contributed by atoms with Crippen LogP contribution in [0.5, 0.6) is 0 Å². The fourth-order valence-corrected chi connectivity index (χ4v) is 2.61. The Hall–Kier alpha value is -1.88. The summed E-state index contributed by atoms with van der Waals surface area (Å²) in [5.41, 5.74) is 2.11. The number of hydrogen-bond acceptors (Lipinski definition) is 2. The second-order valence-electron chi connectivity index (χ2n) is 5.53. The first-order chi connectivity index (χ1) is 9.56. The summed E-state index contributed by atoms with van der Waals surface area (Å²) >= 11 is 0. The Morgan fingerprint density at radius 3 is 2.60 bits per heavy atom. The van der Waals surface area contributed by atoms with Crippen LogP contribution >= 0.6 is 0 Å². The molecular weight excluding hydrogens is 259 g/mol. The summed E-state index contributed by atoms with van der Waals surface area (Å²) in [5.74, 6) is 0.0395. The van der Waals surface area contributed by atoms with E-state index in [0.717, 1.165) is 11.3 Å². The summed E-state index contributed by atoms with van der Waals surface area (Å²) < 4.78 is 19.1. The number of ether oxygens (including phenoxy) is 1. The Balaban J connectivity index is 2.06. The largest absolute Gasteiger partial charge is 0.365 e. The summed E-state index contributed by atoms with van der Waals surface area (Å²) in [5, 5.41) is 5.55. The maximum atomic E-state index is 13.1. The number of aromatic amines is 2. The number of nitrogens with one attached hydrogen (secondary N) is 2. The number of aromatic nitrogens is 2. The van der Waals surface area contributed by atoms with Gasteiger partial charge in [0, 0.05) is 12.1 Å². The first-order valence-corrected chi connectivity index (χ1v) is 6.76. The average Bonchev–Trinajstić information content (AvgIpc) is 2.80. The molecule has 1 aromatic heterocycles. The van der Waals surface area contributed by atoms with Gasteiger partial charge in [0.1, 0.15) is 11.9 Å². The van der Waals surface area contributed by atoms with Gasteiger partial charge in [0.2, 0.25) is 0 Å². The van der Waals surface area contributed by atoms with E-state index in [1.165, 1.54) is 12.1 Å². The molecule has 1 aliphatic heterocycles. The number of halogens is 1. The van der Waals surface area contributed by atoms with E-state index in [1.54, 1.807) is 12.1 Å². The van der Waals surface area contributed by atoms with Gasteiger partial charge in [0.15, 0.2) is 0 Å². The van der Waals surface area contributed by atoms with E-state index in [9.17, 15) is 9.18 Å². The summed E-state index contributed by atoms with van der Waals surface area (Å²) in [4.78, 5) is 12.0. The molecule has 4 nitrogen and oxygen atoms in total. The molecule has 1 aromatic carbocycles. The molecule has 0 fully saturated rings. The van der Waals surface area contributed by atoms with Crippen LogP contribution in [0.1, 0.15) is 36.8 Å². The average molecular weight is 276 g/mol. The number of fused-ring (bicyclic) bond motifs is 1. The summed E-state index contributed by atoms with van der Waals surface area (Å²) in [6, 6.07) is 6.11. The second-order valence-corrected chi connectivity index (χ2v) is 5.53. The third kappa shape index (κ3) is 2.18. The van der Waals surface area contributed by atoms with Crippen LogP contribution < -0.4 is 5.56 Å². The fourth-order valence-electron chi connectivity index (χ4n) is 2.61. The highest BCUT2D eigenvalue weighted by atomic mass is 19.1. The Labute approximate surface area is 116 Å². The zero-order valence-corrected chi connectivity index (χ0v) is 11.4. The van der Waals surface area contributed by atoms with Crippen molar-refractivity contribution >= 4 is 0 Å². The van der Waals surface area contributed by atoms with Gasteiger partial charge in [-0.25, -0.2) is 4.39 Å². The predicted octanol–water partition coefficient (Wildman–Crippen LogP) is 2.53. The van der Waals surface area contributed by atoms with E-state index < -0.39 is 6.10 Å². The zero-order chi connectivity index (χ0) is 14.3. The maximum absolute atomic E-state index is 13.1. The van der Waals surface area contributed by atoms with Crippen LogP contribution in [0.15, 0.2) is 29.1 Å². The van der Waals surface area contributed by atoms with Crippen molar-refractivity contribution in [1.29, 1.82) is 0 Å². The minimum atomic E-state index is -0.443. The molecule has 0 radical (unpaired) electrons. The molecule has 1 aliphatic rings. The molecular formula is C15H17FN2O2. The van der Waals surface area contributed by atoms with Gasteiger partial charge in [-0.2, -0.15) is 0 Å². The first kappa shape index (κ1) is 13.1. The van der Waals surface area contributed by atoms with Gasteiger partial charge in [0.05, 0.1) is 11.7 Å².